The van der Waals surface area contributed by atoms with Crippen LogP contribution < -0.4 is 4.90 Å². The molecule has 1 saturated heterocycles. The molecule has 23 heavy (non-hydrogen) atoms. The van der Waals surface area contributed by atoms with Gasteiger partial charge in [-0.25, -0.2) is 0 Å². The van der Waals surface area contributed by atoms with Gasteiger partial charge in [0.05, 0.1) is 13.2 Å². The standard InChI is InChI=1S/C17H16N4OS/c1-2-6-13(7-3-1)15-12-21(10-11-22-15)17-20-19-16(23-17)14-8-4-5-9-18-14/h1-9,15H,10-12H2/t15-/m0/s1. The van der Waals surface area contributed by atoms with Crippen molar-refractivity contribution in [3.8, 4) is 10.7 Å². The third-order valence-corrected chi connectivity index (χ3v) is 4.81. The summed E-state index contributed by atoms with van der Waals surface area (Å²) in [5.41, 5.74) is 2.07. The van der Waals surface area contributed by atoms with Gasteiger partial charge in [-0.3, -0.25) is 4.98 Å². The third kappa shape index (κ3) is 3.09. The Morgan fingerprint density at radius 2 is 1.91 bits per heavy atom. The zero-order chi connectivity index (χ0) is 15.5. The first-order valence-electron chi connectivity index (χ1n) is 7.56. The Labute approximate surface area is 138 Å². The van der Waals surface area contributed by atoms with E-state index in [1.807, 2.05) is 36.4 Å². The van der Waals surface area contributed by atoms with Crippen LogP contribution in [0.5, 0.6) is 0 Å². The Morgan fingerprint density at radius 1 is 1.04 bits per heavy atom. The summed E-state index contributed by atoms with van der Waals surface area (Å²) >= 11 is 1.58. The van der Waals surface area contributed by atoms with Crippen molar-refractivity contribution in [2.75, 3.05) is 24.6 Å². The average Bonchev–Trinajstić information content (AvgIpc) is 3.14. The highest BCUT2D eigenvalue weighted by Crippen LogP contribution is 2.31. The number of benzene rings is 1. The molecule has 0 aliphatic carbocycles. The summed E-state index contributed by atoms with van der Waals surface area (Å²) in [7, 11) is 0. The molecule has 0 amide bonds. The fourth-order valence-electron chi connectivity index (χ4n) is 2.63. The van der Waals surface area contributed by atoms with Gasteiger partial charge in [-0.15, -0.1) is 10.2 Å². The molecule has 1 fully saturated rings. The van der Waals surface area contributed by atoms with E-state index in [4.69, 9.17) is 4.74 Å². The van der Waals surface area contributed by atoms with Crippen molar-refractivity contribution in [3.05, 3.63) is 60.3 Å². The van der Waals surface area contributed by atoms with E-state index in [0.717, 1.165) is 28.9 Å². The third-order valence-electron chi connectivity index (χ3n) is 3.81. The minimum Gasteiger partial charge on any atom is -0.370 e. The molecular formula is C17H16N4OS. The van der Waals surface area contributed by atoms with Crippen LogP contribution in [0.2, 0.25) is 0 Å². The molecule has 0 unspecified atom stereocenters. The number of nitrogens with zero attached hydrogens (tertiary/aromatic N) is 4. The molecule has 0 spiro atoms. The topological polar surface area (TPSA) is 51.1 Å². The molecule has 3 aromatic rings. The molecule has 5 nitrogen and oxygen atoms in total. The minimum atomic E-state index is 0.0761. The summed E-state index contributed by atoms with van der Waals surface area (Å²) < 4.78 is 5.91. The van der Waals surface area contributed by atoms with Gasteiger partial charge in [0.15, 0.2) is 5.01 Å². The molecule has 4 rings (SSSR count). The molecule has 6 heteroatoms. The molecule has 1 atom stereocenters. The van der Waals surface area contributed by atoms with E-state index in [9.17, 15) is 0 Å². The highest BCUT2D eigenvalue weighted by atomic mass is 32.1. The minimum absolute atomic E-state index is 0.0761. The lowest BCUT2D eigenvalue weighted by Gasteiger charge is -2.32. The van der Waals surface area contributed by atoms with Gasteiger partial charge < -0.3 is 9.64 Å². The molecule has 1 aromatic carbocycles. The molecule has 1 aliphatic heterocycles. The van der Waals surface area contributed by atoms with Crippen LogP contribution >= 0.6 is 11.3 Å². The lowest BCUT2D eigenvalue weighted by atomic mass is 10.1. The van der Waals surface area contributed by atoms with Crippen molar-refractivity contribution in [1.29, 1.82) is 0 Å². The van der Waals surface area contributed by atoms with Gasteiger partial charge in [0.1, 0.15) is 11.8 Å². The number of hydrogen-bond acceptors (Lipinski definition) is 6. The van der Waals surface area contributed by atoms with Crippen LogP contribution in [-0.2, 0) is 4.74 Å². The molecule has 3 heterocycles. The maximum absolute atomic E-state index is 5.91. The highest BCUT2D eigenvalue weighted by molar-refractivity contribution is 7.18. The van der Waals surface area contributed by atoms with Crippen LogP contribution in [0.4, 0.5) is 5.13 Å². The Hall–Kier alpha value is -2.31. The van der Waals surface area contributed by atoms with Gasteiger partial charge in [0.25, 0.3) is 0 Å². The van der Waals surface area contributed by atoms with Crippen molar-refractivity contribution in [2.45, 2.75) is 6.10 Å². The fourth-order valence-corrected chi connectivity index (χ4v) is 3.48. The molecule has 116 valence electrons. The molecule has 0 radical (unpaired) electrons. The molecule has 0 saturated carbocycles. The van der Waals surface area contributed by atoms with Crippen molar-refractivity contribution in [3.63, 3.8) is 0 Å². The van der Waals surface area contributed by atoms with Crippen LogP contribution in [0.15, 0.2) is 54.7 Å². The highest BCUT2D eigenvalue weighted by Gasteiger charge is 2.24. The largest absolute Gasteiger partial charge is 0.370 e. The summed E-state index contributed by atoms with van der Waals surface area (Å²) in [6, 6.07) is 16.1. The Morgan fingerprint density at radius 3 is 2.74 bits per heavy atom. The predicted molar refractivity (Wildman–Crippen MR) is 90.5 cm³/mol. The van der Waals surface area contributed by atoms with Crippen LogP contribution in [0.25, 0.3) is 10.7 Å². The van der Waals surface area contributed by atoms with E-state index < -0.39 is 0 Å². The summed E-state index contributed by atoms with van der Waals surface area (Å²) in [4.78, 5) is 6.58. The van der Waals surface area contributed by atoms with E-state index in [2.05, 4.69) is 32.2 Å². The number of pyridine rings is 1. The van der Waals surface area contributed by atoms with Gasteiger partial charge >= 0.3 is 0 Å². The summed E-state index contributed by atoms with van der Waals surface area (Å²) in [6.07, 6.45) is 1.85. The number of ether oxygens (including phenoxy) is 1. The van der Waals surface area contributed by atoms with Gasteiger partial charge in [-0.1, -0.05) is 47.7 Å². The Kier molecular flexibility index (Phi) is 4.00. The Balaban J connectivity index is 1.53. The van der Waals surface area contributed by atoms with E-state index in [-0.39, 0.29) is 6.10 Å². The number of aromatic nitrogens is 3. The molecule has 2 aromatic heterocycles. The van der Waals surface area contributed by atoms with E-state index in [1.54, 1.807) is 17.5 Å². The average molecular weight is 324 g/mol. The second kappa shape index (κ2) is 6.44. The van der Waals surface area contributed by atoms with Gasteiger partial charge in [-0.2, -0.15) is 0 Å². The summed E-state index contributed by atoms with van der Waals surface area (Å²) in [5.74, 6) is 0. The van der Waals surface area contributed by atoms with E-state index in [0.29, 0.717) is 6.61 Å². The first-order valence-corrected chi connectivity index (χ1v) is 8.38. The normalized spacial score (nSPS) is 18.1. The monoisotopic (exact) mass is 324 g/mol. The van der Waals surface area contributed by atoms with Crippen LogP contribution in [-0.4, -0.2) is 34.9 Å². The first-order chi connectivity index (χ1) is 11.4. The SMILES string of the molecule is c1ccc([C@@H]2CN(c3nnc(-c4ccccn4)s3)CCO2)cc1. The maximum Gasteiger partial charge on any atom is 0.208 e. The zero-order valence-corrected chi connectivity index (χ0v) is 13.3. The fraction of sp³-hybridized carbons (Fsp3) is 0.235. The van der Waals surface area contributed by atoms with Crippen molar-refractivity contribution in [1.82, 2.24) is 15.2 Å². The van der Waals surface area contributed by atoms with Crippen molar-refractivity contribution >= 4 is 16.5 Å². The van der Waals surface area contributed by atoms with Crippen LogP contribution in [0.3, 0.4) is 0 Å². The van der Waals surface area contributed by atoms with Gasteiger partial charge in [-0.05, 0) is 17.7 Å². The van der Waals surface area contributed by atoms with Gasteiger partial charge in [0.2, 0.25) is 5.13 Å². The smallest absolute Gasteiger partial charge is 0.208 e. The zero-order valence-electron chi connectivity index (χ0n) is 12.5. The Bertz CT molecular complexity index is 763. The molecular weight excluding hydrogens is 308 g/mol. The second-order valence-corrected chi connectivity index (χ2v) is 6.28. The first kappa shape index (κ1) is 14.3. The van der Waals surface area contributed by atoms with E-state index in [1.165, 1.54) is 5.56 Å². The number of anilines is 1. The predicted octanol–water partition coefficient (Wildman–Crippen LogP) is 3.18. The molecule has 0 N–H and O–H groups in total. The van der Waals surface area contributed by atoms with Crippen molar-refractivity contribution in [2.24, 2.45) is 0 Å². The van der Waals surface area contributed by atoms with Crippen LogP contribution in [0, 0.1) is 0 Å². The number of rotatable bonds is 3. The number of hydrogen-bond donors (Lipinski definition) is 0. The number of morpholine rings is 1. The quantitative estimate of drug-likeness (QED) is 0.740. The van der Waals surface area contributed by atoms with Crippen LogP contribution in [0.1, 0.15) is 11.7 Å². The van der Waals surface area contributed by atoms with E-state index >= 15 is 0 Å². The lowest BCUT2D eigenvalue weighted by Crippen LogP contribution is -2.38. The van der Waals surface area contributed by atoms with Gasteiger partial charge in [0, 0.05) is 12.7 Å². The maximum atomic E-state index is 5.91. The summed E-state index contributed by atoms with van der Waals surface area (Å²) in [6.45, 7) is 2.32. The molecule has 1 aliphatic rings. The lowest BCUT2D eigenvalue weighted by molar-refractivity contribution is 0.0397. The second-order valence-electron chi connectivity index (χ2n) is 5.32. The van der Waals surface area contributed by atoms with Crippen molar-refractivity contribution < 1.29 is 4.74 Å². The summed E-state index contributed by atoms with van der Waals surface area (Å²) in [5, 5.41) is 10.4. The molecule has 0 bridgehead atoms.